The fourth-order valence-corrected chi connectivity index (χ4v) is 3.20. The van der Waals surface area contributed by atoms with Crippen LogP contribution in [0.1, 0.15) is 36.1 Å². The van der Waals surface area contributed by atoms with E-state index < -0.39 is 0 Å². The predicted molar refractivity (Wildman–Crippen MR) is 95.4 cm³/mol. The largest absolute Gasteiger partial charge is 0.248 e. The zero-order valence-corrected chi connectivity index (χ0v) is 13.9. The summed E-state index contributed by atoms with van der Waals surface area (Å²) in [5.74, 6) is 0. The smallest absolute Gasteiger partial charge is 0.0712 e. The molecule has 1 heteroatoms. The van der Waals surface area contributed by atoms with Crippen molar-refractivity contribution in [3.8, 4) is 11.3 Å². The van der Waals surface area contributed by atoms with Crippen molar-refractivity contribution in [2.75, 3.05) is 0 Å². The van der Waals surface area contributed by atoms with E-state index in [1.165, 1.54) is 33.2 Å². The van der Waals surface area contributed by atoms with Crippen molar-refractivity contribution >= 4 is 10.9 Å². The van der Waals surface area contributed by atoms with Crippen molar-refractivity contribution in [2.24, 2.45) is 0 Å². The van der Waals surface area contributed by atoms with Crippen LogP contribution >= 0.6 is 0 Å². The van der Waals surface area contributed by atoms with Gasteiger partial charge in [-0.15, -0.1) is 0 Å². The Balaban J connectivity index is 2.16. The number of hydrogen-bond donors (Lipinski definition) is 0. The van der Waals surface area contributed by atoms with Gasteiger partial charge in [0.2, 0.25) is 0 Å². The number of aromatic nitrogens is 1. The van der Waals surface area contributed by atoms with Crippen molar-refractivity contribution in [1.29, 1.82) is 0 Å². The molecule has 1 nitrogen and oxygen atoms in total. The van der Waals surface area contributed by atoms with E-state index in [1.807, 2.05) is 0 Å². The molecule has 3 aromatic rings. The highest BCUT2D eigenvalue weighted by atomic mass is 14.7. The van der Waals surface area contributed by atoms with Crippen LogP contribution in [0.15, 0.2) is 42.5 Å². The predicted octanol–water partition coefficient (Wildman–Crippen LogP) is 5.64. The monoisotopic (exact) mass is 289 g/mol. The van der Waals surface area contributed by atoms with Crippen molar-refractivity contribution in [2.45, 2.75) is 40.5 Å². The molecule has 22 heavy (non-hydrogen) atoms. The molecule has 2 aromatic carbocycles. The molecule has 0 N–H and O–H groups in total. The average molecular weight is 289 g/mol. The number of hydrogen-bond acceptors (Lipinski definition) is 1. The molecule has 0 atom stereocenters. The summed E-state index contributed by atoms with van der Waals surface area (Å²) in [5.41, 5.74) is 8.80. The molecule has 0 saturated carbocycles. The van der Waals surface area contributed by atoms with E-state index in [0.29, 0.717) is 0 Å². The molecule has 0 bridgehead atoms. The lowest BCUT2D eigenvalue weighted by Gasteiger charge is -2.10. The zero-order chi connectivity index (χ0) is 15.7. The van der Waals surface area contributed by atoms with Gasteiger partial charge in [-0.05, 0) is 68.1 Å². The van der Waals surface area contributed by atoms with Crippen LogP contribution in [0.4, 0.5) is 0 Å². The van der Waals surface area contributed by atoms with Crippen molar-refractivity contribution in [3.05, 3.63) is 64.7 Å². The second kappa shape index (κ2) is 5.92. The maximum atomic E-state index is 4.91. The van der Waals surface area contributed by atoms with Crippen molar-refractivity contribution < 1.29 is 0 Å². The lowest BCUT2D eigenvalue weighted by Crippen LogP contribution is -1.94. The van der Waals surface area contributed by atoms with Gasteiger partial charge in [0.05, 0.1) is 11.2 Å². The summed E-state index contributed by atoms with van der Waals surface area (Å²) in [4.78, 5) is 4.91. The average Bonchev–Trinajstić information content (AvgIpc) is 2.52. The van der Waals surface area contributed by atoms with Crippen LogP contribution < -0.4 is 0 Å². The molecular formula is C21H23N. The quantitative estimate of drug-likeness (QED) is 0.607. The van der Waals surface area contributed by atoms with E-state index >= 15 is 0 Å². The number of benzene rings is 2. The second-order valence-electron chi connectivity index (χ2n) is 6.09. The first-order valence-electron chi connectivity index (χ1n) is 8.12. The molecule has 0 aliphatic carbocycles. The van der Waals surface area contributed by atoms with Gasteiger partial charge in [0.15, 0.2) is 0 Å². The maximum Gasteiger partial charge on any atom is 0.0712 e. The summed E-state index contributed by atoms with van der Waals surface area (Å²) in [5, 5.41) is 1.24. The van der Waals surface area contributed by atoms with Gasteiger partial charge in [-0.1, -0.05) is 37.1 Å². The fourth-order valence-electron chi connectivity index (χ4n) is 3.20. The highest BCUT2D eigenvalue weighted by Crippen LogP contribution is 2.25. The van der Waals surface area contributed by atoms with E-state index in [4.69, 9.17) is 4.98 Å². The van der Waals surface area contributed by atoms with E-state index in [0.717, 1.165) is 24.1 Å². The molecule has 0 spiro atoms. The molecule has 1 heterocycles. The molecule has 1 aromatic heterocycles. The molecule has 0 aliphatic heterocycles. The topological polar surface area (TPSA) is 12.9 Å². The first-order valence-corrected chi connectivity index (χ1v) is 8.12. The molecule has 112 valence electrons. The summed E-state index contributed by atoms with van der Waals surface area (Å²) in [7, 11) is 0. The van der Waals surface area contributed by atoms with Gasteiger partial charge in [-0.2, -0.15) is 0 Å². The Labute approximate surface area is 133 Å². The first-order chi connectivity index (χ1) is 10.6. The van der Waals surface area contributed by atoms with Crippen LogP contribution in [0.25, 0.3) is 22.2 Å². The van der Waals surface area contributed by atoms with Crippen LogP contribution in [0.2, 0.25) is 0 Å². The molecule has 0 saturated heterocycles. The van der Waals surface area contributed by atoms with Gasteiger partial charge in [-0.3, -0.25) is 0 Å². The number of rotatable bonds is 3. The SMILES string of the molecule is CCc1cc2ccc(-c3cc(C)cc(C)c3)nc2cc1CC. The highest BCUT2D eigenvalue weighted by molar-refractivity contribution is 5.83. The normalized spacial score (nSPS) is 11.1. The standard InChI is InChI=1S/C21H23N/c1-5-16-12-18-7-8-20(22-21(18)13-17(16)6-2)19-10-14(3)9-15(4)11-19/h7-13H,5-6H2,1-4H3. The maximum absolute atomic E-state index is 4.91. The molecule has 0 aliphatic rings. The molecule has 0 unspecified atom stereocenters. The summed E-state index contributed by atoms with van der Waals surface area (Å²) in [6.07, 6.45) is 2.15. The van der Waals surface area contributed by atoms with Crippen molar-refractivity contribution in [1.82, 2.24) is 4.98 Å². The van der Waals surface area contributed by atoms with Crippen LogP contribution in [0, 0.1) is 13.8 Å². The van der Waals surface area contributed by atoms with Gasteiger partial charge in [-0.25, -0.2) is 4.98 Å². The molecular weight excluding hydrogens is 266 g/mol. The molecule has 0 amide bonds. The lowest BCUT2D eigenvalue weighted by atomic mass is 9.99. The first kappa shape index (κ1) is 14.8. The van der Waals surface area contributed by atoms with E-state index in [1.54, 1.807) is 0 Å². The summed E-state index contributed by atoms with van der Waals surface area (Å²) < 4.78 is 0. The Hall–Kier alpha value is -2.15. The number of aryl methyl sites for hydroxylation is 4. The third-order valence-electron chi connectivity index (χ3n) is 4.29. The van der Waals surface area contributed by atoms with Gasteiger partial charge < -0.3 is 0 Å². The lowest BCUT2D eigenvalue weighted by molar-refractivity contribution is 1.04. The zero-order valence-electron chi connectivity index (χ0n) is 13.9. The van der Waals surface area contributed by atoms with Gasteiger partial charge in [0, 0.05) is 10.9 Å². The van der Waals surface area contributed by atoms with Gasteiger partial charge >= 0.3 is 0 Å². The Morgan fingerprint density at radius 3 is 2.05 bits per heavy atom. The molecule has 0 radical (unpaired) electrons. The van der Waals surface area contributed by atoms with Gasteiger partial charge in [0.1, 0.15) is 0 Å². The Bertz CT molecular complexity index is 810. The van der Waals surface area contributed by atoms with Crippen LogP contribution in [-0.4, -0.2) is 4.98 Å². The minimum absolute atomic E-state index is 1.06. The number of pyridine rings is 1. The Kier molecular flexibility index (Phi) is 3.98. The minimum Gasteiger partial charge on any atom is -0.248 e. The van der Waals surface area contributed by atoms with Crippen LogP contribution in [0.5, 0.6) is 0 Å². The van der Waals surface area contributed by atoms with Crippen molar-refractivity contribution in [3.63, 3.8) is 0 Å². The van der Waals surface area contributed by atoms with E-state index in [-0.39, 0.29) is 0 Å². The molecule has 0 fully saturated rings. The third-order valence-corrected chi connectivity index (χ3v) is 4.29. The number of nitrogens with zero attached hydrogens (tertiary/aromatic N) is 1. The summed E-state index contributed by atoms with van der Waals surface area (Å²) in [6, 6.07) is 15.5. The number of fused-ring (bicyclic) bond motifs is 1. The third kappa shape index (κ3) is 2.76. The summed E-state index contributed by atoms with van der Waals surface area (Å²) >= 11 is 0. The van der Waals surface area contributed by atoms with Crippen LogP contribution in [-0.2, 0) is 12.8 Å². The van der Waals surface area contributed by atoms with Crippen LogP contribution in [0.3, 0.4) is 0 Å². The van der Waals surface area contributed by atoms with Gasteiger partial charge in [0.25, 0.3) is 0 Å². The molecule has 3 rings (SSSR count). The Morgan fingerprint density at radius 1 is 0.773 bits per heavy atom. The fraction of sp³-hybridized carbons (Fsp3) is 0.286. The van der Waals surface area contributed by atoms with E-state index in [2.05, 4.69) is 70.2 Å². The highest BCUT2D eigenvalue weighted by Gasteiger charge is 2.06. The Morgan fingerprint density at radius 2 is 1.41 bits per heavy atom. The van der Waals surface area contributed by atoms with E-state index in [9.17, 15) is 0 Å². The minimum atomic E-state index is 1.06. The summed E-state index contributed by atoms with van der Waals surface area (Å²) in [6.45, 7) is 8.71. The second-order valence-corrected chi connectivity index (χ2v) is 6.09.